The van der Waals surface area contributed by atoms with Crippen LogP contribution < -0.4 is 10.0 Å². The average Bonchev–Trinajstić information content (AvgIpc) is 2.72. The molecule has 2 aliphatic rings. The van der Waals surface area contributed by atoms with Crippen molar-refractivity contribution in [2.75, 3.05) is 13.1 Å². The molecule has 2 unspecified atom stereocenters. The predicted octanol–water partition coefficient (Wildman–Crippen LogP) is 2.10. The van der Waals surface area contributed by atoms with Crippen molar-refractivity contribution in [1.29, 1.82) is 0 Å². The lowest BCUT2D eigenvalue weighted by atomic mass is 9.74. The van der Waals surface area contributed by atoms with E-state index in [-0.39, 0.29) is 16.2 Å². The number of hydrogen-bond donors (Lipinski definition) is 2. The topological polar surface area (TPSA) is 60.0 Å². The van der Waals surface area contributed by atoms with Gasteiger partial charge < -0.3 is 9.87 Å². The second-order valence-electron chi connectivity index (χ2n) is 7.26. The number of fused-ring (bicyclic) bond motifs is 1. The molecule has 1 aromatic rings. The number of piperidine rings is 1. The quantitative estimate of drug-likeness (QED) is 0.822. The van der Waals surface area contributed by atoms with Gasteiger partial charge in [0.05, 0.1) is 6.04 Å². The Kier molecular flexibility index (Phi) is 4.03. The highest BCUT2D eigenvalue weighted by Crippen LogP contribution is 2.51. The molecular weight excluding hydrogens is 282 g/mol. The predicted molar refractivity (Wildman–Crippen MR) is 86.2 cm³/mol. The maximum absolute atomic E-state index is 12.6. The molecule has 0 radical (unpaired) electrons. The van der Waals surface area contributed by atoms with Gasteiger partial charge in [-0.2, -0.15) is 0 Å². The fourth-order valence-corrected chi connectivity index (χ4v) is 4.43. The van der Waals surface area contributed by atoms with Crippen LogP contribution in [0.2, 0.25) is 0 Å². The van der Waals surface area contributed by atoms with Crippen molar-refractivity contribution in [2.45, 2.75) is 50.8 Å². The van der Waals surface area contributed by atoms with Crippen LogP contribution in [0.1, 0.15) is 50.9 Å². The first kappa shape index (κ1) is 15.3. The number of rotatable bonds is 2. The molecule has 1 aromatic heterocycles. The van der Waals surface area contributed by atoms with Gasteiger partial charge in [0.2, 0.25) is 0 Å². The molecule has 1 fully saturated rings. The summed E-state index contributed by atoms with van der Waals surface area (Å²) < 4.78 is 15.8. The van der Waals surface area contributed by atoms with Crippen molar-refractivity contribution < 1.29 is 4.55 Å². The molecule has 5 heteroatoms. The van der Waals surface area contributed by atoms with Crippen molar-refractivity contribution in [3.05, 3.63) is 29.6 Å². The molecule has 0 bridgehead atoms. The molecule has 4 nitrogen and oxygen atoms in total. The minimum Gasteiger partial charge on any atom is -0.598 e. The molecule has 2 atom stereocenters. The maximum Gasteiger partial charge on any atom is 0.136 e. The average molecular weight is 307 g/mol. The van der Waals surface area contributed by atoms with Crippen LogP contribution in [0.4, 0.5) is 0 Å². The Morgan fingerprint density at radius 2 is 2.10 bits per heavy atom. The number of aromatic nitrogens is 1. The first-order valence-corrected chi connectivity index (χ1v) is 8.90. The van der Waals surface area contributed by atoms with Crippen LogP contribution in [-0.2, 0) is 17.8 Å². The minimum absolute atomic E-state index is 0.156. The largest absolute Gasteiger partial charge is 0.598 e. The second-order valence-corrected chi connectivity index (χ2v) is 9.26. The van der Waals surface area contributed by atoms with Crippen LogP contribution in [0, 0.1) is 5.41 Å². The van der Waals surface area contributed by atoms with Crippen molar-refractivity contribution in [1.82, 2.24) is 15.0 Å². The Morgan fingerprint density at radius 3 is 2.76 bits per heavy atom. The smallest absolute Gasteiger partial charge is 0.136 e. The second kappa shape index (κ2) is 5.54. The van der Waals surface area contributed by atoms with Gasteiger partial charge in [0.15, 0.2) is 0 Å². The Balaban J connectivity index is 1.92. The van der Waals surface area contributed by atoms with Gasteiger partial charge >= 0.3 is 0 Å². The lowest BCUT2D eigenvalue weighted by Crippen LogP contribution is -2.48. The van der Waals surface area contributed by atoms with Crippen molar-refractivity contribution in [3.8, 4) is 0 Å². The first-order valence-electron chi connectivity index (χ1n) is 7.75. The molecule has 116 valence electrons. The van der Waals surface area contributed by atoms with Gasteiger partial charge in [-0.1, -0.05) is 6.07 Å². The Morgan fingerprint density at radius 1 is 1.38 bits per heavy atom. The van der Waals surface area contributed by atoms with Gasteiger partial charge in [-0.05, 0) is 64.8 Å². The fourth-order valence-electron chi connectivity index (χ4n) is 3.49. The van der Waals surface area contributed by atoms with E-state index in [1.54, 1.807) is 0 Å². The summed E-state index contributed by atoms with van der Waals surface area (Å²) >= 11 is -1.06. The monoisotopic (exact) mass is 307 g/mol. The molecule has 0 saturated carbocycles. The molecule has 2 heterocycles. The zero-order valence-electron chi connectivity index (χ0n) is 13.1. The zero-order valence-corrected chi connectivity index (χ0v) is 13.9. The molecule has 1 spiro atoms. The van der Waals surface area contributed by atoms with Gasteiger partial charge in [0, 0.05) is 28.7 Å². The Bertz CT molecular complexity index is 508. The highest BCUT2D eigenvalue weighted by atomic mass is 32.2. The van der Waals surface area contributed by atoms with Crippen LogP contribution in [0.3, 0.4) is 0 Å². The van der Waals surface area contributed by atoms with E-state index in [4.69, 9.17) is 0 Å². The van der Waals surface area contributed by atoms with Gasteiger partial charge in [-0.3, -0.25) is 4.98 Å². The number of pyridine rings is 1. The van der Waals surface area contributed by atoms with Crippen LogP contribution in [0.25, 0.3) is 0 Å². The van der Waals surface area contributed by atoms with E-state index < -0.39 is 11.4 Å². The van der Waals surface area contributed by atoms with E-state index >= 15 is 0 Å². The van der Waals surface area contributed by atoms with Crippen LogP contribution in [0.15, 0.2) is 18.3 Å². The van der Waals surface area contributed by atoms with Gasteiger partial charge in [-0.25, -0.2) is 0 Å². The lowest BCUT2D eigenvalue weighted by Gasteiger charge is -2.40. The minimum atomic E-state index is -1.06. The Hall–Kier alpha value is -0.620. The molecule has 21 heavy (non-hydrogen) atoms. The van der Waals surface area contributed by atoms with E-state index in [1.807, 2.05) is 33.0 Å². The fraction of sp³-hybridized carbons (Fsp3) is 0.688. The summed E-state index contributed by atoms with van der Waals surface area (Å²) in [6.45, 7) is 8.13. The molecular formula is C16H25N3OS. The SMILES string of the molecule is CC(C)(C)[S+]([O-])NC1c2cccnc2CC12CCNCC2. The van der Waals surface area contributed by atoms with E-state index in [9.17, 15) is 4.55 Å². The highest BCUT2D eigenvalue weighted by Gasteiger charge is 2.50. The molecule has 1 saturated heterocycles. The summed E-state index contributed by atoms with van der Waals surface area (Å²) in [6.07, 6.45) is 5.10. The van der Waals surface area contributed by atoms with Gasteiger partial charge in [0.25, 0.3) is 0 Å². The third kappa shape index (κ3) is 2.84. The molecule has 1 aliphatic heterocycles. The highest BCUT2D eigenvalue weighted by molar-refractivity contribution is 7.90. The van der Waals surface area contributed by atoms with E-state index in [0.29, 0.717) is 0 Å². The normalized spacial score (nSPS) is 25.8. The first-order chi connectivity index (χ1) is 9.92. The molecule has 0 amide bonds. The van der Waals surface area contributed by atoms with E-state index in [0.717, 1.165) is 32.4 Å². The standard InChI is InChI=1S/C16H25N3OS/c1-15(2,3)21(20)19-14-12-5-4-8-18-13(12)11-16(14)6-9-17-10-7-16/h4-5,8,14,17,19H,6-7,9-11H2,1-3H3. The van der Waals surface area contributed by atoms with Crippen molar-refractivity contribution >= 4 is 11.4 Å². The zero-order chi connectivity index (χ0) is 15.1. The third-order valence-electron chi connectivity index (χ3n) is 4.75. The molecule has 1 aliphatic carbocycles. The van der Waals surface area contributed by atoms with Crippen LogP contribution in [0.5, 0.6) is 0 Å². The number of nitrogens with zero attached hydrogens (tertiary/aromatic N) is 1. The summed E-state index contributed by atoms with van der Waals surface area (Å²) in [7, 11) is 0. The third-order valence-corrected chi connectivity index (χ3v) is 6.31. The van der Waals surface area contributed by atoms with Crippen LogP contribution >= 0.6 is 0 Å². The molecule has 0 aromatic carbocycles. The Labute approximate surface area is 130 Å². The van der Waals surface area contributed by atoms with Crippen LogP contribution in [-0.4, -0.2) is 27.4 Å². The summed E-state index contributed by atoms with van der Waals surface area (Å²) in [6, 6.07) is 4.30. The van der Waals surface area contributed by atoms with Gasteiger partial charge in [0.1, 0.15) is 4.75 Å². The van der Waals surface area contributed by atoms with Crippen molar-refractivity contribution in [2.24, 2.45) is 5.41 Å². The molecule has 3 rings (SSSR count). The summed E-state index contributed by atoms with van der Waals surface area (Å²) in [4.78, 5) is 4.57. The lowest BCUT2D eigenvalue weighted by molar-refractivity contribution is 0.163. The summed E-state index contributed by atoms with van der Waals surface area (Å²) in [5.41, 5.74) is 2.60. The van der Waals surface area contributed by atoms with Gasteiger partial charge in [-0.15, -0.1) is 4.72 Å². The van der Waals surface area contributed by atoms with Crippen molar-refractivity contribution in [3.63, 3.8) is 0 Å². The summed E-state index contributed by atoms with van der Waals surface area (Å²) in [5, 5.41) is 3.44. The molecule has 2 N–H and O–H groups in total. The summed E-state index contributed by atoms with van der Waals surface area (Å²) in [5.74, 6) is 0. The van der Waals surface area contributed by atoms with E-state index in [2.05, 4.69) is 21.1 Å². The number of nitrogens with one attached hydrogen (secondary N) is 2. The maximum atomic E-state index is 12.6. The van der Waals surface area contributed by atoms with E-state index in [1.165, 1.54) is 11.3 Å². The number of hydrogen-bond acceptors (Lipinski definition) is 4.